The van der Waals surface area contributed by atoms with Crippen molar-refractivity contribution in [3.8, 4) is 0 Å². The van der Waals surface area contributed by atoms with E-state index < -0.39 is 7.82 Å². The fourth-order valence-electron chi connectivity index (χ4n) is 0. The monoisotopic (exact) mass is 392 g/mol. The summed E-state index contributed by atoms with van der Waals surface area (Å²) in [5.41, 5.74) is 0. The number of rotatable bonds is 0. The second-order valence-corrected chi connectivity index (χ2v) is 1.54. The molecular formula is H17Ca7O4P. The van der Waals surface area contributed by atoms with Gasteiger partial charge in [-0.2, -0.15) is 0 Å². The van der Waals surface area contributed by atoms with Gasteiger partial charge >= 0.3 is 272 Å². The van der Waals surface area contributed by atoms with Crippen molar-refractivity contribution in [2.75, 3.05) is 0 Å². The third-order valence-corrected chi connectivity index (χ3v) is 0. The summed E-state index contributed by atoms with van der Waals surface area (Å²) in [6.07, 6.45) is 0. The van der Waals surface area contributed by atoms with Crippen molar-refractivity contribution < 1.29 is 19.2 Å². The fraction of sp³-hybridized carbons (Fsp3) is 0. The van der Waals surface area contributed by atoms with Crippen molar-refractivity contribution in [2.45, 2.75) is 0 Å². The van der Waals surface area contributed by atoms with Crippen LogP contribution in [0.5, 0.6) is 0 Å². The van der Waals surface area contributed by atoms with E-state index in [1.807, 2.05) is 0 Å². The van der Waals surface area contributed by atoms with Crippen LogP contribution in [-0.4, -0.2) is 279 Å². The average Bonchev–Trinajstić information content (AvgIpc) is 0.722. The topological polar surface area (TPSA) is 77.8 Å². The van der Waals surface area contributed by atoms with Crippen LogP contribution in [0.1, 0.15) is 0 Å². The van der Waals surface area contributed by atoms with Crippen molar-refractivity contribution in [2.24, 2.45) is 0 Å². The number of hydrogen-bond acceptors (Lipinski definition) is 1. The Morgan fingerprint density at radius 2 is 0.583 bits per heavy atom. The van der Waals surface area contributed by atoms with Crippen molar-refractivity contribution in [3.63, 3.8) is 0 Å². The van der Waals surface area contributed by atoms with Crippen LogP contribution in [0.15, 0.2) is 0 Å². The second kappa shape index (κ2) is 32.0. The van der Waals surface area contributed by atoms with Gasteiger partial charge in [-0.05, 0) is 0 Å². The Morgan fingerprint density at radius 3 is 0.583 bits per heavy atom. The molecule has 0 rings (SSSR count). The molecule has 12 heavy (non-hydrogen) atoms. The van der Waals surface area contributed by atoms with E-state index in [-0.39, 0.29) is 264 Å². The molecule has 0 aromatic rings. The van der Waals surface area contributed by atoms with E-state index in [1.54, 1.807) is 0 Å². The molecule has 0 atom stereocenters. The van der Waals surface area contributed by atoms with E-state index in [1.165, 1.54) is 0 Å². The molecule has 0 spiro atoms. The van der Waals surface area contributed by atoms with Crippen LogP contribution >= 0.6 is 7.82 Å². The van der Waals surface area contributed by atoms with E-state index in [0.29, 0.717) is 0 Å². The van der Waals surface area contributed by atoms with Crippen molar-refractivity contribution in [1.29, 1.82) is 0 Å². The molecule has 0 fully saturated rings. The van der Waals surface area contributed by atoms with Crippen LogP contribution in [0.3, 0.4) is 0 Å². The molecule has 0 amide bonds. The van der Waals surface area contributed by atoms with E-state index in [9.17, 15) is 0 Å². The predicted molar refractivity (Wildman–Crippen MR) is 74.1 cm³/mol. The van der Waals surface area contributed by atoms with Crippen LogP contribution in [0.2, 0.25) is 0 Å². The SMILES string of the molecule is O=P(O)(O)O.[CaH2].[CaH2].[CaH2].[CaH2].[CaH2].[CaH2].[CaH2]. The first-order valence-corrected chi connectivity index (χ1v) is 2.35. The van der Waals surface area contributed by atoms with Crippen LogP contribution in [0, 0.1) is 0 Å². The first-order valence-electron chi connectivity index (χ1n) is 0.783. The molecule has 3 N–H and O–H groups in total. The van der Waals surface area contributed by atoms with Crippen LogP contribution in [0.25, 0.3) is 0 Å². The molecule has 0 aliphatic rings. The van der Waals surface area contributed by atoms with Crippen LogP contribution in [-0.2, 0) is 4.57 Å². The summed E-state index contributed by atoms with van der Waals surface area (Å²) in [4.78, 5) is 21.6. The molecule has 0 saturated heterocycles. The van der Waals surface area contributed by atoms with E-state index in [2.05, 4.69) is 0 Å². The minimum absolute atomic E-state index is 0. The first-order chi connectivity index (χ1) is 2.00. The molecule has 12 heteroatoms. The van der Waals surface area contributed by atoms with Gasteiger partial charge in [-0.25, -0.2) is 4.57 Å². The maximum atomic E-state index is 8.88. The van der Waals surface area contributed by atoms with Gasteiger partial charge in [0.1, 0.15) is 0 Å². The Bertz CT molecular complexity index is 61.5. The van der Waals surface area contributed by atoms with Crippen molar-refractivity contribution >= 4 is 272 Å². The van der Waals surface area contributed by atoms with Gasteiger partial charge in [0, 0.05) is 0 Å². The van der Waals surface area contributed by atoms with E-state index in [4.69, 9.17) is 19.2 Å². The molecule has 0 unspecified atom stereocenters. The normalized spacial score (nSPS) is 4.92. The quantitative estimate of drug-likeness (QED) is 0.283. The minimum atomic E-state index is -4.64. The summed E-state index contributed by atoms with van der Waals surface area (Å²) in [7, 11) is -4.64. The van der Waals surface area contributed by atoms with Gasteiger partial charge < -0.3 is 14.7 Å². The Morgan fingerprint density at radius 1 is 0.583 bits per heavy atom. The molecule has 0 aromatic heterocycles. The van der Waals surface area contributed by atoms with Gasteiger partial charge in [0.05, 0.1) is 0 Å². The number of phosphoric acid groups is 1. The van der Waals surface area contributed by atoms with Crippen LogP contribution < -0.4 is 0 Å². The second-order valence-electron chi connectivity index (χ2n) is 0.513. The van der Waals surface area contributed by atoms with Crippen LogP contribution in [0.4, 0.5) is 0 Å². The Balaban J connectivity index is -0.00000000381. The van der Waals surface area contributed by atoms with Gasteiger partial charge in [0.2, 0.25) is 0 Å². The van der Waals surface area contributed by atoms with Gasteiger partial charge in [0.15, 0.2) is 0 Å². The zero-order valence-corrected chi connectivity index (χ0v) is 3.09. The van der Waals surface area contributed by atoms with Gasteiger partial charge in [-0.15, -0.1) is 0 Å². The molecule has 60 valence electrons. The molecule has 0 aliphatic carbocycles. The molecule has 0 saturated carbocycles. The summed E-state index contributed by atoms with van der Waals surface area (Å²) in [6, 6.07) is 0. The molecule has 0 aromatic carbocycles. The third-order valence-electron chi connectivity index (χ3n) is 0. The average molecular weight is 393 g/mol. The summed E-state index contributed by atoms with van der Waals surface area (Å²) in [5, 5.41) is 0. The molecule has 4 nitrogen and oxygen atoms in total. The predicted octanol–water partition coefficient (Wildman–Crippen LogP) is -7.34. The summed E-state index contributed by atoms with van der Waals surface area (Å²) >= 11 is 0. The Hall–Kier alpha value is 8.93. The van der Waals surface area contributed by atoms with Crippen molar-refractivity contribution in [1.82, 2.24) is 0 Å². The summed E-state index contributed by atoms with van der Waals surface area (Å²) in [5.74, 6) is 0. The number of hydrogen-bond donors (Lipinski definition) is 3. The molecular weight excluding hydrogens is 376 g/mol. The van der Waals surface area contributed by atoms with E-state index >= 15 is 0 Å². The maximum absolute atomic E-state index is 8.88. The summed E-state index contributed by atoms with van der Waals surface area (Å²) < 4.78 is 8.88. The van der Waals surface area contributed by atoms with Crippen molar-refractivity contribution in [3.05, 3.63) is 0 Å². The Kier molecular flexibility index (Phi) is 133. The zero-order valence-electron chi connectivity index (χ0n) is 2.20. The van der Waals surface area contributed by atoms with Gasteiger partial charge in [0.25, 0.3) is 0 Å². The molecule has 0 bridgehead atoms. The molecule has 0 radical (unpaired) electrons. The fourth-order valence-corrected chi connectivity index (χ4v) is 0. The third kappa shape index (κ3) is 76.3. The standard InChI is InChI=1S/7Ca.H3O4P.14H/c;;;;;;;1-5(2,3)4;;;;;;;;;;;;;;/h;;;;;;;(H3,1,2,3,4);;;;;;;;;;;;;;. The summed E-state index contributed by atoms with van der Waals surface area (Å²) in [6.45, 7) is 0. The molecule has 0 heterocycles. The first kappa shape index (κ1) is 49.7. The molecule has 0 aliphatic heterocycles. The van der Waals surface area contributed by atoms with Gasteiger partial charge in [-0.1, -0.05) is 0 Å². The van der Waals surface area contributed by atoms with Gasteiger partial charge in [-0.3, -0.25) is 0 Å². The Labute approximate surface area is 281 Å². The zero-order chi connectivity index (χ0) is 4.50. The van der Waals surface area contributed by atoms with E-state index in [0.717, 1.165) is 0 Å².